The SMILES string of the molecule is COCCCNc1ncc(C(=O)Nc2c(C)cccc2C(C)C)cn1. The third-order valence-electron chi connectivity index (χ3n) is 3.89. The second-order valence-electron chi connectivity index (χ2n) is 6.22. The van der Waals surface area contributed by atoms with Crippen LogP contribution in [0.1, 0.15) is 47.7 Å². The van der Waals surface area contributed by atoms with E-state index < -0.39 is 0 Å². The van der Waals surface area contributed by atoms with Crippen molar-refractivity contribution in [1.29, 1.82) is 0 Å². The number of ether oxygens (including phenoxy) is 1. The number of hydrogen-bond donors (Lipinski definition) is 2. The lowest BCUT2D eigenvalue weighted by Gasteiger charge is -2.16. The second kappa shape index (κ2) is 9.13. The topological polar surface area (TPSA) is 76.1 Å². The predicted molar refractivity (Wildman–Crippen MR) is 100 cm³/mol. The number of nitrogens with one attached hydrogen (secondary N) is 2. The molecule has 2 rings (SSSR count). The first-order valence-electron chi connectivity index (χ1n) is 8.48. The van der Waals surface area contributed by atoms with E-state index in [1.54, 1.807) is 7.11 Å². The van der Waals surface area contributed by atoms with Gasteiger partial charge in [-0.05, 0) is 30.4 Å². The number of carbonyl (C=O) groups excluding carboxylic acids is 1. The summed E-state index contributed by atoms with van der Waals surface area (Å²) in [6.45, 7) is 7.61. The molecule has 0 aliphatic carbocycles. The van der Waals surface area contributed by atoms with Crippen molar-refractivity contribution in [3.63, 3.8) is 0 Å². The van der Waals surface area contributed by atoms with Gasteiger partial charge >= 0.3 is 0 Å². The van der Waals surface area contributed by atoms with E-state index in [0.29, 0.717) is 24.0 Å². The van der Waals surface area contributed by atoms with Crippen molar-refractivity contribution < 1.29 is 9.53 Å². The summed E-state index contributed by atoms with van der Waals surface area (Å²) in [6, 6.07) is 6.04. The third-order valence-corrected chi connectivity index (χ3v) is 3.89. The van der Waals surface area contributed by atoms with E-state index in [2.05, 4.69) is 34.4 Å². The van der Waals surface area contributed by atoms with E-state index in [-0.39, 0.29) is 5.91 Å². The molecule has 0 unspecified atom stereocenters. The number of nitrogens with zero attached hydrogens (tertiary/aromatic N) is 2. The molecule has 6 nitrogen and oxygen atoms in total. The average Bonchev–Trinajstić information content (AvgIpc) is 2.60. The zero-order valence-electron chi connectivity index (χ0n) is 15.3. The lowest BCUT2D eigenvalue weighted by Crippen LogP contribution is -2.16. The zero-order valence-corrected chi connectivity index (χ0v) is 15.3. The number of aryl methyl sites for hydroxylation is 1. The van der Waals surface area contributed by atoms with Crippen LogP contribution in [0.25, 0.3) is 0 Å². The molecular formula is C19H26N4O2. The highest BCUT2D eigenvalue weighted by Gasteiger charge is 2.14. The highest BCUT2D eigenvalue weighted by molar-refractivity contribution is 6.04. The average molecular weight is 342 g/mol. The molecule has 134 valence electrons. The maximum atomic E-state index is 12.5. The first-order valence-corrected chi connectivity index (χ1v) is 8.48. The normalized spacial score (nSPS) is 10.8. The van der Waals surface area contributed by atoms with Gasteiger partial charge in [-0.3, -0.25) is 4.79 Å². The number of anilines is 2. The molecule has 1 amide bonds. The Labute approximate surface area is 149 Å². The number of methoxy groups -OCH3 is 1. The highest BCUT2D eigenvalue weighted by Crippen LogP contribution is 2.27. The Balaban J connectivity index is 2.04. The van der Waals surface area contributed by atoms with Crippen molar-refractivity contribution in [2.75, 3.05) is 30.9 Å². The number of para-hydroxylation sites is 1. The van der Waals surface area contributed by atoms with Crippen LogP contribution in [-0.4, -0.2) is 36.1 Å². The molecule has 25 heavy (non-hydrogen) atoms. The minimum absolute atomic E-state index is 0.206. The fourth-order valence-electron chi connectivity index (χ4n) is 2.48. The minimum Gasteiger partial charge on any atom is -0.385 e. The van der Waals surface area contributed by atoms with Crippen LogP contribution in [0.4, 0.5) is 11.6 Å². The largest absolute Gasteiger partial charge is 0.385 e. The first kappa shape index (κ1) is 18.9. The molecule has 0 spiro atoms. The van der Waals surface area contributed by atoms with Crippen LogP contribution in [0.2, 0.25) is 0 Å². The zero-order chi connectivity index (χ0) is 18.2. The van der Waals surface area contributed by atoms with Crippen molar-refractivity contribution in [2.45, 2.75) is 33.1 Å². The van der Waals surface area contributed by atoms with Gasteiger partial charge in [-0.25, -0.2) is 9.97 Å². The third kappa shape index (κ3) is 5.26. The Morgan fingerprint density at radius 3 is 2.60 bits per heavy atom. The summed E-state index contributed by atoms with van der Waals surface area (Å²) in [6.07, 6.45) is 3.94. The van der Waals surface area contributed by atoms with Crippen LogP contribution in [0.3, 0.4) is 0 Å². The Kier molecular flexibility index (Phi) is 6.89. The number of amides is 1. The molecule has 0 fully saturated rings. The predicted octanol–water partition coefficient (Wildman–Crippen LogP) is 3.61. The quantitative estimate of drug-likeness (QED) is 0.717. The molecule has 0 saturated carbocycles. The maximum absolute atomic E-state index is 12.5. The van der Waals surface area contributed by atoms with Gasteiger partial charge in [-0.2, -0.15) is 0 Å². The van der Waals surface area contributed by atoms with Gasteiger partial charge in [0, 0.05) is 38.3 Å². The fraction of sp³-hybridized carbons (Fsp3) is 0.421. The van der Waals surface area contributed by atoms with Gasteiger partial charge in [-0.15, -0.1) is 0 Å². The molecule has 6 heteroatoms. The number of hydrogen-bond acceptors (Lipinski definition) is 5. The fourth-order valence-corrected chi connectivity index (χ4v) is 2.48. The van der Waals surface area contributed by atoms with Crippen LogP contribution < -0.4 is 10.6 Å². The highest BCUT2D eigenvalue weighted by atomic mass is 16.5. The Morgan fingerprint density at radius 2 is 1.96 bits per heavy atom. The standard InChI is InChI=1S/C19H26N4O2/c1-13(2)16-8-5-7-14(3)17(16)23-18(24)15-11-21-19(22-12-15)20-9-6-10-25-4/h5,7-8,11-13H,6,9-10H2,1-4H3,(H,23,24)(H,20,21,22). The molecule has 0 aliphatic heterocycles. The number of aromatic nitrogens is 2. The van der Waals surface area contributed by atoms with Crippen molar-refractivity contribution in [2.24, 2.45) is 0 Å². The molecule has 0 radical (unpaired) electrons. The Hall–Kier alpha value is -2.47. The summed E-state index contributed by atoms with van der Waals surface area (Å²) in [7, 11) is 1.67. The van der Waals surface area contributed by atoms with Gasteiger partial charge < -0.3 is 15.4 Å². The molecule has 2 N–H and O–H groups in total. The molecule has 2 aromatic rings. The summed E-state index contributed by atoms with van der Waals surface area (Å²) in [4.78, 5) is 20.9. The molecule has 1 aromatic heterocycles. The number of carbonyl (C=O) groups is 1. The van der Waals surface area contributed by atoms with Crippen molar-refractivity contribution in [1.82, 2.24) is 9.97 Å². The van der Waals surface area contributed by atoms with Crippen LogP contribution >= 0.6 is 0 Å². The molecular weight excluding hydrogens is 316 g/mol. The first-order chi connectivity index (χ1) is 12.0. The van der Waals surface area contributed by atoms with Crippen LogP contribution in [0.5, 0.6) is 0 Å². The van der Waals surface area contributed by atoms with Crippen LogP contribution in [0.15, 0.2) is 30.6 Å². The molecule has 1 heterocycles. The summed E-state index contributed by atoms with van der Waals surface area (Å²) in [5.41, 5.74) is 3.45. The summed E-state index contributed by atoms with van der Waals surface area (Å²) < 4.78 is 4.99. The molecule has 0 bridgehead atoms. The summed E-state index contributed by atoms with van der Waals surface area (Å²) in [5.74, 6) is 0.624. The van der Waals surface area contributed by atoms with Crippen LogP contribution in [-0.2, 0) is 4.74 Å². The van der Waals surface area contributed by atoms with Gasteiger partial charge in [0.1, 0.15) is 0 Å². The smallest absolute Gasteiger partial charge is 0.258 e. The van der Waals surface area contributed by atoms with Gasteiger partial charge in [0.05, 0.1) is 5.56 Å². The van der Waals surface area contributed by atoms with E-state index in [1.165, 1.54) is 12.4 Å². The monoisotopic (exact) mass is 342 g/mol. The van der Waals surface area contributed by atoms with Crippen molar-refractivity contribution in [3.8, 4) is 0 Å². The molecule has 0 atom stereocenters. The number of benzene rings is 1. The summed E-state index contributed by atoms with van der Waals surface area (Å²) in [5, 5.41) is 6.09. The lowest BCUT2D eigenvalue weighted by molar-refractivity contribution is 0.102. The summed E-state index contributed by atoms with van der Waals surface area (Å²) >= 11 is 0. The van der Waals surface area contributed by atoms with Gasteiger partial charge in [0.25, 0.3) is 5.91 Å². The van der Waals surface area contributed by atoms with E-state index >= 15 is 0 Å². The van der Waals surface area contributed by atoms with E-state index in [1.807, 2.05) is 25.1 Å². The molecule has 0 saturated heterocycles. The van der Waals surface area contributed by atoms with Crippen molar-refractivity contribution in [3.05, 3.63) is 47.3 Å². The Morgan fingerprint density at radius 1 is 1.24 bits per heavy atom. The Bertz CT molecular complexity index is 699. The molecule has 0 aliphatic rings. The van der Waals surface area contributed by atoms with Crippen molar-refractivity contribution >= 4 is 17.5 Å². The number of rotatable bonds is 8. The lowest BCUT2D eigenvalue weighted by atomic mass is 9.98. The van der Waals surface area contributed by atoms with E-state index in [9.17, 15) is 4.79 Å². The van der Waals surface area contributed by atoms with E-state index in [0.717, 1.165) is 29.8 Å². The van der Waals surface area contributed by atoms with E-state index in [4.69, 9.17) is 4.74 Å². The van der Waals surface area contributed by atoms with Crippen LogP contribution in [0, 0.1) is 6.92 Å². The molecule has 1 aromatic carbocycles. The minimum atomic E-state index is -0.206. The second-order valence-corrected chi connectivity index (χ2v) is 6.22. The van der Waals surface area contributed by atoms with Gasteiger partial charge in [0.15, 0.2) is 0 Å². The van der Waals surface area contributed by atoms with Gasteiger partial charge in [0.2, 0.25) is 5.95 Å². The maximum Gasteiger partial charge on any atom is 0.258 e. The van der Waals surface area contributed by atoms with Gasteiger partial charge in [-0.1, -0.05) is 32.0 Å².